The summed E-state index contributed by atoms with van der Waals surface area (Å²) < 4.78 is 57.9. The lowest BCUT2D eigenvalue weighted by molar-refractivity contribution is -0.116. The molecule has 11 heteroatoms. The number of carbonyl (C=O) groups excluding carboxylic acids is 1. The van der Waals surface area contributed by atoms with Gasteiger partial charge in [0.15, 0.2) is 0 Å². The Kier molecular flexibility index (Phi) is 8.87. The van der Waals surface area contributed by atoms with Crippen molar-refractivity contribution in [1.82, 2.24) is 4.31 Å². The van der Waals surface area contributed by atoms with Crippen molar-refractivity contribution in [3.63, 3.8) is 0 Å². The van der Waals surface area contributed by atoms with E-state index in [1.165, 1.54) is 35.5 Å². The lowest BCUT2D eigenvalue weighted by Gasteiger charge is -2.28. The number of nitrogens with zero attached hydrogens (tertiary/aromatic N) is 2. The summed E-state index contributed by atoms with van der Waals surface area (Å²) >= 11 is 0. The van der Waals surface area contributed by atoms with Gasteiger partial charge in [-0.2, -0.15) is 4.31 Å². The average Bonchev–Trinajstić information content (AvgIpc) is 2.75. The van der Waals surface area contributed by atoms with Crippen molar-refractivity contribution in [2.75, 3.05) is 35.6 Å². The van der Waals surface area contributed by atoms with E-state index in [0.29, 0.717) is 36.8 Å². The van der Waals surface area contributed by atoms with E-state index in [4.69, 9.17) is 4.74 Å². The van der Waals surface area contributed by atoms with Crippen LogP contribution in [0.15, 0.2) is 53.4 Å². The smallest absolute Gasteiger partial charge is 0.247 e. The zero-order valence-electron chi connectivity index (χ0n) is 19.5. The molecule has 33 heavy (non-hydrogen) atoms. The Bertz CT molecular complexity index is 1140. The largest absolute Gasteiger partial charge is 0.494 e. The first kappa shape index (κ1) is 26.6. The van der Waals surface area contributed by atoms with Gasteiger partial charge in [0.1, 0.15) is 11.8 Å². The molecule has 1 amide bonds. The second kappa shape index (κ2) is 11.0. The van der Waals surface area contributed by atoms with Crippen molar-refractivity contribution in [2.24, 2.45) is 0 Å². The zero-order chi connectivity index (χ0) is 24.8. The third kappa shape index (κ3) is 6.46. The molecule has 2 aromatic carbocycles. The minimum absolute atomic E-state index is 0.115. The Morgan fingerprint density at radius 2 is 1.48 bits per heavy atom. The quantitative estimate of drug-likeness (QED) is 0.511. The predicted molar refractivity (Wildman–Crippen MR) is 130 cm³/mol. The van der Waals surface area contributed by atoms with Crippen LogP contribution >= 0.6 is 0 Å². The SMILES string of the molecule is CCOc1ccc(N(C(C)C(=O)Nc2ccc(S(=O)(=O)N(CC)CC)cc2)S(C)(=O)=O)cc1. The monoisotopic (exact) mass is 497 g/mol. The van der Waals surface area contributed by atoms with Gasteiger partial charge in [-0.1, -0.05) is 13.8 Å². The molecule has 9 nitrogen and oxygen atoms in total. The minimum atomic E-state index is -3.77. The van der Waals surface area contributed by atoms with Crippen LogP contribution in [-0.2, 0) is 24.8 Å². The summed E-state index contributed by atoms with van der Waals surface area (Å²) in [6.45, 7) is 8.01. The van der Waals surface area contributed by atoms with E-state index in [2.05, 4.69) is 5.32 Å². The van der Waals surface area contributed by atoms with Crippen LogP contribution in [0, 0.1) is 0 Å². The van der Waals surface area contributed by atoms with Gasteiger partial charge in [0.25, 0.3) is 0 Å². The molecular weight excluding hydrogens is 466 g/mol. The highest BCUT2D eigenvalue weighted by Gasteiger charge is 2.29. The molecular formula is C22H31N3O6S2. The normalized spacial score (nSPS) is 12.9. The molecule has 1 unspecified atom stereocenters. The minimum Gasteiger partial charge on any atom is -0.494 e. The van der Waals surface area contributed by atoms with E-state index in [9.17, 15) is 21.6 Å². The highest BCUT2D eigenvalue weighted by molar-refractivity contribution is 7.92. The van der Waals surface area contributed by atoms with E-state index in [1.807, 2.05) is 6.92 Å². The fraction of sp³-hybridized carbons (Fsp3) is 0.409. The van der Waals surface area contributed by atoms with Gasteiger partial charge in [-0.3, -0.25) is 9.10 Å². The van der Waals surface area contributed by atoms with Crippen LogP contribution in [0.4, 0.5) is 11.4 Å². The highest BCUT2D eigenvalue weighted by Crippen LogP contribution is 2.25. The fourth-order valence-corrected chi connectivity index (χ4v) is 5.97. The Morgan fingerprint density at radius 1 is 0.939 bits per heavy atom. The molecule has 182 valence electrons. The molecule has 0 saturated heterocycles. The maximum Gasteiger partial charge on any atom is 0.247 e. The van der Waals surface area contributed by atoms with Gasteiger partial charge in [-0.25, -0.2) is 16.8 Å². The van der Waals surface area contributed by atoms with E-state index >= 15 is 0 Å². The van der Waals surface area contributed by atoms with Crippen molar-refractivity contribution in [1.29, 1.82) is 0 Å². The number of rotatable bonds is 11. The third-order valence-corrected chi connectivity index (χ3v) is 8.26. The van der Waals surface area contributed by atoms with Gasteiger partial charge < -0.3 is 10.1 Å². The van der Waals surface area contributed by atoms with Crippen molar-refractivity contribution < 1.29 is 26.4 Å². The number of ether oxygens (including phenoxy) is 1. The van der Waals surface area contributed by atoms with Gasteiger partial charge in [0.2, 0.25) is 26.0 Å². The summed E-state index contributed by atoms with van der Waals surface area (Å²) in [5, 5.41) is 2.65. The van der Waals surface area contributed by atoms with Crippen LogP contribution < -0.4 is 14.4 Å². The first-order valence-electron chi connectivity index (χ1n) is 10.6. The van der Waals surface area contributed by atoms with Crippen LogP contribution in [0.1, 0.15) is 27.7 Å². The number of hydrogen-bond donors (Lipinski definition) is 1. The van der Waals surface area contributed by atoms with Crippen LogP contribution in [0.2, 0.25) is 0 Å². The van der Waals surface area contributed by atoms with Gasteiger partial charge in [-0.15, -0.1) is 0 Å². The van der Waals surface area contributed by atoms with E-state index in [0.717, 1.165) is 10.6 Å². The first-order chi connectivity index (χ1) is 15.4. The van der Waals surface area contributed by atoms with Crippen molar-refractivity contribution in [3.8, 4) is 5.75 Å². The van der Waals surface area contributed by atoms with Gasteiger partial charge in [0, 0.05) is 18.8 Å². The molecule has 0 aliphatic rings. The van der Waals surface area contributed by atoms with Gasteiger partial charge in [0.05, 0.1) is 23.4 Å². The van der Waals surface area contributed by atoms with Crippen molar-refractivity contribution >= 4 is 37.3 Å². The maximum absolute atomic E-state index is 12.9. The molecule has 0 heterocycles. The molecule has 0 fully saturated rings. The third-order valence-electron chi connectivity index (χ3n) is 4.96. The van der Waals surface area contributed by atoms with Crippen LogP contribution in [-0.4, -0.2) is 59.0 Å². The molecule has 0 aliphatic heterocycles. The number of anilines is 2. The molecule has 0 aliphatic carbocycles. The summed E-state index contributed by atoms with van der Waals surface area (Å²) in [5.41, 5.74) is 0.676. The number of benzene rings is 2. The number of nitrogens with one attached hydrogen (secondary N) is 1. The van der Waals surface area contributed by atoms with E-state index < -0.39 is 32.0 Å². The lowest BCUT2D eigenvalue weighted by Crippen LogP contribution is -2.45. The molecule has 0 saturated carbocycles. The summed E-state index contributed by atoms with van der Waals surface area (Å²) in [5.74, 6) is 0.0280. The molecule has 0 aromatic heterocycles. The van der Waals surface area contributed by atoms with Crippen molar-refractivity contribution in [2.45, 2.75) is 38.6 Å². The molecule has 0 spiro atoms. The Hall–Kier alpha value is -2.63. The molecule has 2 rings (SSSR count). The summed E-state index contributed by atoms with van der Waals surface area (Å²) in [6.07, 6.45) is 1.03. The lowest BCUT2D eigenvalue weighted by atomic mass is 10.2. The topological polar surface area (TPSA) is 113 Å². The summed E-state index contributed by atoms with van der Waals surface area (Å²) in [6, 6.07) is 11.1. The summed E-state index contributed by atoms with van der Waals surface area (Å²) in [4.78, 5) is 13.0. The van der Waals surface area contributed by atoms with Gasteiger partial charge >= 0.3 is 0 Å². The first-order valence-corrected chi connectivity index (χ1v) is 13.9. The molecule has 1 N–H and O–H groups in total. The summed E-state index contributed by atoms with van der Waals surface area (Å²) in [7, 11) is -7.39. The Morgan fingerprint density at radius 3 is 1.94 bits per heavy atom. The predicted octanol–water partition coefficient (Wildman–Crippen LogP) is 2.91. The Labute approximate surface area is 196 Å². The fourth-order valence-electron chi connectivity index (χ4n) is 3.33. The number of amides is 1. The molecule has 1 atom stereocenters. The highest BCUT2D eigenvalue weighted by atomic mass is 32.2. The number of carbonyl (C=O) groups is 1. The molecule has 0 radical (unpaired) electrons. The number of hydrogen-bond acceptors (Lipinski definition) is 6. The molecule has 2 aromatic rings. The van der Waals surface area contributed by atoms with E-state index in [1.54, 1.807) is 38.1 Å². The van der Waals surface area contributed by atoms with Crippen molar-refractivity contribution in [3.05, 3.63) is 48.5 Å². The second-order valence-electron chi connectivity index (χ2n) is 7.26. The maximum atomic E-state index is 12.9. The molecule has 0 bridgehead atoms. The second-order valence-corrected chi connectivity index (χ2v) is 11.1. The Balaban J connectivity index is 2.23. The standard InChI is InChI=1S/C22H31N3O6S2/c1-6-24(7-2)33(29,30)21-15-9-18(10-16-21)23-22(26)17(4)25(32(5,27)28)19-11-13-20(14-12-19)31-8-3/h9-17H,6-8H2,1-5H3,(H,23,26). The van der Waals surface area contributed by atoms with Crippen LogP contribution in [0.25, 0.3) is 0 Å². The number of sulfonamides is 2. The average molecular weight is 498 g/mol. The van der Waals surface area contributed by atoms with Crippen LogP contribution in [0.3, 0.4) is 0 Å². The van der Waals surface area contributed by atoms with E-state index in [-0.39, 0.29) is 4.90 Å². The van der Waals surface area contributed by atoms with Gasteiger partial charge in [-0.05, 0) is 62.4 Å². The van der Waals surface area contributed by atoms with Crippen LogP contribution in [0.5, 0.6) is 5.75 Å². The zero-order valence-corrected chi connectivity index (χ0v) is 21.1.